The van der Waals surface area contributed by atoms with E-state index in [1.165, 1.54) is 4.88 Å². The van der Waals surface area contributed by atoms with Crippen LogP contribution in [0, 0.1) is 40.4 Å². The van der Waals surface area contributed by atoms with Gasteiger partial charge in [0.25, 0.3) is 0 Å². The van der Waals surface area contributed by atoms with Gasteiger partial charge in [0.05, 0.1) is 29.7 Å². The lowest BCUT2D eigenvalue weighted by atomic mass is 9.32. The number of Topliss-reactive ketones (excluding diaryl/α,β-unsaturated/α-hetero) is 1. The summed E-state index contributed by atoms with van der Waals surface area (Å²) in [5, 5.41) is 25.7. The van der Waals surface area contributed by atoms with E-state index in [1.807, 2.05) is 37.4 Å². The topological polar surface area (TPSA) is 87.1 Å². The zero-order valence-corrected chi connectivity index (χ0v) is 28.6. The summed E-state index contributed by atoms with van der Waals surface area (Å²) >= 11 is 3.23. The summed E-state index contributed by atoms with van der Waals surface area (Å²) < 4.78 is 5.51. The number of allylic oxidation sites excluding steroid dienone is 4. The zero-order chi connectivity index (χ0) is 31.8. The smallest absolute Gasteiger partial charge is 0.409 e. The molecule has 8 rings (SSSR count). The molecule has 1 amide bonds. The second-order valence-electron chi connectivity index (χ2n) is 15.0. The second-order valence-corrected chi connectivity index (χ2v) is 17.3. The molecule has 6 aliphatic rings. The van der Waals surface area contributed by atoms with Crippen LogP contribution < -0.4 is 0 Å². The molecular weight excluding hydrogens is 603 g/mol. The third-order valence-electron chi connectivity index (χ3n) is 13.1. The number of aliphatic hydroxyl groups excluding tert-OH is 1. The van der Waals surface area contributed by atoms with Crippen molar-refractivity contribution in [3.63, 3.8) is 0 Å². The van der Waals surface area contributed by atoms with Crippen molar-refractivity contribution in [2.75, 3.05) is 19.7 Å². The number of hydrogen-bond acceptors (Lipinski definition) is 7. The second kappa shape index (κ2) is 10.9. The number of rotatable bonds is 8. The number of carbonyl (C=O) groups is 2. The van der Waals surface area contributed by atoms with Crippen LogP contribution in [0.4, 0.5) is 4.79 Å². The molecule has 0 radical (unpaired) electrons. The quantitative estimate of drug-likeness (QED) is 0.227. The molecule has 8 heteroatoms. The number of amides is 1. The Labute approximate surface area is 275 Å². The maximum absolute atomic E-state index is 14.6. The van der Waals surface area contributed by atoms with Crippen molar-refractivity contribution < 1.29 is 24.5 Å². The maximum atomic E-state index is 14.6. The number of ketones is 1. The Morgan fingerprint density at radius 2 is 1.80 bits per heavy atom. The van der Waals surface area contributed by atoms with Gasteiger partial charge >= 0.3 is 6.09 Å². The van der Waals surface area contributed by atoms with Crippen LogP contribution in [0.1, 0.15) is 85.1 Å². The first kappa shape index (κ1) is 31.3. The highest BCUT2D eigenvalue weighted by Gasteiger charge is 2.74. The maximum Gasteiger partial charge on any atom is 0.409 e. The minimum Gasteiger partial charge on any atom is -0.450 e. The van der Waals surface area contributed by atoms with Crippen molar-refractivity contribution in [3.8, 4) is 0 Å². The lowest BCUT2D eigenvalue weighted by molar-refractivity contribution is -0.175. The van der Waals surface area contributed by atoms with E-state index in [9.17, 15) is 19.8 Å². The van der Waals surface area contributed by atoms with Gasteiger partial charge in [-0.05, 0) is 106 Å². The number of thiophene rings is 2. The van der Waals surface area contributed by atoms with Gasteiger partial charge in [0.15, 0.2) is 5.78 Å². The summed E-state index contributed by atoms with van der Waals surface area (Å²) in [5.74, 6) is 0.394. The van der Waals surface area contributed by atoms with Gasteiger partial charge in [0.2, 0.25) is 0 Å². The number of aliphatic hydroxyl groups is 2. The Kier molecular flexibility index (Phi) is 7.59. The Hall–Kier alpha value is -2.26. The number of ether oxygens (including phenoxy) is 1. The normalized spacial score (nSPS) is 39.5. The molecule has 2 aromatic heterocycles. The molecule has 0 aromatic carbocycles. The SMILES string of the molecule is CCOC(=O)N(CCc1cccs1)C[C@]1(O)CC[C@H]2[C@]34C=C[C@@]5(C=C3C(=O)c3ccc(C)s3)CC(O)CC[C@]5(C)[C@H]4CC[C@@]21C. The third-order valence-corrected chi connectivity index (χ3v) is 15.0. The Balaban J connectivity index is 1.29. The predicted molar refractivity (Wildman–Crippen MR) is 179 cm³/mol. The Bertz CT molecular complexity index is 1550. The average molecular weight is 650 g/mol. The molecule has 45 heavy (non-hydrogen) atoms. The highest BCUT2D eigenvalue weighted by molar-refractivity contribution is 7.14. The van der Waals surface area contributed by atoms with E-state index in [4.69, 9.17) is 4.74 Å². The van der Waals surface area contributed by atoms with E-state index in [0.29, 0.717) is 19.4 Å². The number of fused-ring (bicyclic) bond motifs is 1. The fourth-order valence-electron chi connectivity index (χ4n) is 10.8. The summed E-state index contributed by atoms with van der Waals surface area (Å²) in [6.07, 6.45) is 12.4. The molecule has 3 saturated carbocycles. The molecule has 3 fully saturated rings. The van der Waals surface area contributed by atoms with Gasteiger partial charge in [-0.15, -0.1) is 22.7 Å². The molecule has 242 valence electrons. The molecule has 2 heterocycles. The third kappa shape index (κ3) is 4.45. The number of nitrogens with zero attached hydrogens (tertiary/aromatic N) is 1. The van der Waals surface area contributed by atoms with Gasteiger partial charge in [-0.1, -0.05) is 38.1 Å². The summed E-state index contributed by atoms with van der Waals surface area (Å²) in [4.78, 5) is 32.7. The van der Waals surface area contributed by atoms with Gasteiger partial charge < -0.3 is 19.8 Å². The summed E-state index contributed by atoms with van der Waals surface area (Å²) in [6.45, 7) is 9.49. The van der Waals surface area contributed by atoms with E-state index in [-0.39, 0.29) is 53.8 Å². The van der Waals surface area contributed by atoms with Gasteiger partial charge in [-0.3, -0.25) is 4.79 Å². The standard InChI is InChI=1S/C37H47NO5S2/c1-5-43-32(41)38(19-13-26-7-6-20-44-26)23-36(42)16-12-30-34(36,4)15-11-29-33(3)14-10-25(39)21-35(33)17-18-37(29,30)27(22-35)31(40)28-9-8-24(2)45-28/h6-9,17-18,20,22,25,29-30,39,42H,5,10-16,19,21,23H2,1-4H3/t25?,29-,30-,33-,34+,35+,36-,37-/m1/s1. The summed E-state index contributed by atoms with van der Waals surface area (Å²) in [5.41, 5.74) is -1.67. The van der Waals surface area contributed by atoms with Crippen LogP contribution in [0.5, 0.6) is 0 Å². The van der Waals surface area contributed by atoms with E-state index < -0.39 is 16.4 Å². The lowest BCUT2D eigenvalue weighted by Crippen LogP contribution is -2.67. The Morgan fingerprint density at radius 1 is 1.04 bits per heavy atom. The molecule has 6 nitrogen and oxygen atoms in total. The number of carbonyl (C=O) groups excluding carboxylic acids is 2. The molecule has 2 N–H and O–H groups in total. The fraction of sp³-hybridized carbons (Fsp3) is 0.622. The largest absolute Gasteiger partial charge is 0.450 e. The molecule has 0 saturated heterocycles. The molecule has 8 atom stereocenters. The van der Waals surface area contributed by atoms with E-state index in [2.05, 4.69) is 38.1 Å². The van der Waals surface area contributed by atoms with Crippen molar-refractivity contribution in [1.29, 1.82) is 0 Å². The minimum atomic E-state index is -1.11. The van der Waals surface area contributed by atoms with E-state index in [1.54, 1.807) is 27.6 Å². The molecule has 6 aliphatic carbocycles. The van der Waals surface area contributed by atoms with Crippen LogP contribution in [0.25, 0.3) is 0 Å². The molecule has 2 bridgehead atoms. The van der Waals surface area contributed by atoms with E-state index in [0.717, 1.165) is 53.9 Å². The minimum absolute atomic E-state index is 0.0459. The number of hydrogen-bond donors (Lipinski definition) is 2. The van der Waals surface area contributed by atoms with Gasteiger partial charge in [-0.2, -0.15) is 0 Å². The predicted octanol–water partition coefficient (Wildman–Crippen LogP) is 7.59. The van der Waals surface area contributed by atoms with Crippen LogP contribution in [0.3, 0.4) is 0 Å². The monoisotopic (exact) mass is 649 g/mol. The summed E-state index contributed by atoms with van der Waals surface area (Å²) in [6, 6.07) is 8.10. The van der Waals surface area contributed by atoms with Crippen molar-refractivity contribution in [3.05, 3.63) is 68.1 Å². The van der Waals surface area contributed by atoms with Crippen LogP contribution in [-0.2, 0) is 11.2 Å². The van der Waals surface area contributed by atoms with Crippen molar-refractivity contribution >= 4 is 34.6 Å². The summed E-state index contributed by atoms with van der Waals surface area (Å²) in [7, 11) is 0. The first-order chi connectivity index (χ1) is 21.4. The molecule has 2 aromatic rings. The highest BCUT2D eigenvalue weighted by atomic mass is 32.1. The first-order valence-corrected chi connectivity index (χ1v) is 18.5. The van der Waals surface area contributed by atoms with Gasteiger partial charge in [0.1, 0.15) is 0 Å². The first-order valence-electron chi connectivity index (χ1n) is 16.8. The molecule has 2 spiro atoms. The van der Waals surface area contributed by atoms with Crippen molar-refractivity contribution in [2.24, 2.45) is 33.5 Å². The lowest BCUT2D eigenvalue weighted by Gasteiger charge is -2.71. The zero-order valence-electron chi connectivity index (χ0n) is 27.0. The number of aryl methyl sites for hydroxylation is 1. The van der Waals surface area contributed by atoms with Crippen molar-refractivity contribution in [1.82, 2.24) is 4.90 Å². The Morgan fingerprint density at radius 3 is 2.51 bits per heavy atom. The van der Waals surface area contributed by atoms with E-state index >= 15 is 0 Å². The van der Waals surface area contributed by atoms with Crippen LogP contribution in [0.2, 0.25) is 0 Å². The molecule has 1 unspecified atom stereocenters. The van der Waals surface area contributed by atoms with Crippen LogP contribution in [0.15, 0.2) is 53.4 Å². The van der Waals surface area contributed by atoms with Gasteiger partial charge in [0, 0.05) is 38.1 Å². The molecule has 0 aliphatic heterocycles. The highest BCUT2D eigenvalue weighted by Crippen LogP contribution is 2.78. The van der Waals surface area contributed by atoms with Crippen molar-refractivity contribution in [2.45, 2.75) is 90.8 Å². The van der Waals surface area contributed by atoms with Gasteiger partial charge in [-0.25, -0.2) is 4.79 Å². The van der Waals surface area contributed by atoms with Crippen LogP contribution in [-0.4, -0.2) is 58.4 Å². The van der Waals surface area contributed by atoms with Crippen LogP contribution >= 0.6 is 22.7 Å². The molecular formula is C37H47NO5S2. The fourth-order valence-corrected chi connectivity index (χ4v) is 12.3. The average Bonchev–Trinajstić information content (AvgIpc) is 3.75.